The minimum absolute atomic E-state index is 0.197. The number of ether oxygens (including phenoxy) is 1. The molecular formula is C17H26O4. The topological polar surface area (TPSA) is 44.8 Å². The van der Waals surface area contributed by atoms with E-state index >= 15 is 0 Å². The maximum atomic E-state index is 11.5. The van der Waals surface area contributed by atoms with Crippen molar-refractivity contribution in [2.45, 2.75) is 52.9 Å². The van der Waals surface area contributed by atoms with E-state index in [-0.39, 0.29) is 6.61 Å². The van der Waals surface area contributed by atoms with E-state index in [2.05, 4.69) is 20.8 Å². The molecule has 0 N–H and O–H groups in total. The highest BCUT2D eigenvalue weighted by Crippen LogP contribution is 2.27. The second-order valence-electron chi connectivity index (χ2n) is 5.47. The molecule has 1 aromatic carbocycles. The molecule has 0 aliphatic rings. The van der Waals surface area contributed by atoms with Gasteiger partial charge < -0.3 is 9.62 Å². The molecule has 0 aromatic heterocycles. The highest BCUT2D eigenvalue weighted by atomic mass is 17.2. The molecule has 0 saturated heterocycles. The van der Waals surface area contributed by atoms with Crippen molar-refractivity contribution in [2.24, 2.45) is 0 Å². The van der Waals surface area contributed by atoms with Gasteiger partial charge in [-0.15, -0.1) is 0 Å². The second-order valence-corrected chi connectivity index (χ2v) is 5.47. The number of rotatable bonds is 9. The Kier molecular flexibility index (Phi) is 7.83. The average Bonchev–Trinajstić information content (AvgIpc) is 2.43. The standard InChI is InChI=1S/C17H26O4/c1-5-6-7-10-19-17(18)12-20-21-16-11-14(4)8-9-15(16)13(2)3/h8-9,11,13H,5-7,10,12H2,1-4H3. The first-order chi connectivity index (χ1) is 10.0. The van der Waals surface area contributed by atoms with E-state index < -0.39 is 5.97 Å². The van der Waals surface area contributed by atoms with Crippen molar-refractivity contribution in [3.63, 3.8) is 0 Å². The summed E-state index contributed by atoms with van der Waals surface area (Å²) >= 11 is 0. The molecule has 0 spiro atoms. The van der Waals surface area contributed by atoms with Crippen LogP contribution in [0.2, 0.25) is 0 Å². The summed E-state index contributed by atoms with van der Waals surface area (Å²) in [6.45, 7) is 8.50. The predicted molar refractivity (Wildman–Crippen MR) is 82.3 cm³/mol. The van der Waals surface area contributed by atoms with Gasteiger partial charge in [-0.05, 0) is 30.9 Å². The third kappa shape index (κ3) is 6.63. The number of hydrogen-bond acceptors (Lipinski definition) is 4. The van der Waals surface area contributed by atoms with Crippen LogP contribution in [0, 0.1) is 6.92 Å². The van der Waals surface area contributed by atoms with Gasteiger partial charge in [-0.3, -0.25) is 0 Å². The number of benzene rings is 1. The van der Waals surface area contributed by atoms with Gasteiger partial charge >= 0.3 is 5.97 Å². The lowest BCUT2D eigenvalue weighted by molar-refractivity contribution is -0.216. The minimum Gasteiger partial charge on any atom is -0.464 e. The van der Waals surface area contributed by atoms with E-state index in [1.165, 1.54) is 0 Å². The van der Waals surface area contributed by atoms with E-state index in [9.17, 15) is 4.79 Å². The largest absolute Gasteiger partial charge is 0.464 e. The summed E-state index contributed by atoms with van der Waals surface area (Å²) in [4.78, 5) is 21.7. The van der Waals surface area contributed by atoms with E-state index in [0.717, 1.165) is 30.4 Å². The number of aryl methyl sites for hydroxylation is 1. The van der Waals surface area contributed by atoms with E-state index in [1.807, 2.05) is 25.1 Å². The molecule has 118 valence electrons. The summed E-state index contributed by atoms with van der Waals surface area (Å²) < 4.78 is 5.04. The fourth-order valence-corrected chi connectivity index (χ4v) is 1.91. The smallest absolute Gasteiger partial charge is 0.336 e. The van der Waals surface area contributed by atoms with Crippen molar-refractivity contribution in [3.8, 4) is 5.75 Å². The third-order valence-electron chi connectivity index (χ3n) is 3.13. The molecular weight excluding hydrogens is 268 g/mol. The lowest BCUT2D eigenvalue weighted by Gasteiger charge is -2.13. The third-order valence-corrected chi connectivity index (χ3v) is 3.13. The molecule has 4 nitrogen and oxygen atoms in total. The van der Waals surface area contributed by atoms with Crippen molar-refractivity contribution in [3.05, 3.63) is 29.3 Å². The Morgan fingerprint density at radius 3 is 2.67 bits per heavy atom. The fourth-order valence-electron chi connectivity index (χ4n) is 1.91. The first kappa shape index (κ1) is 17.5. The zero-order chi connectivity index (χ0) is 15.7. The van der Waals surface area contributed by atoms with Crippen molar-refractivity contribution in [1.82, 2.24) is 0 Å². The lowest BCUT2D eigenvalue weighted by atomic mass is 10.0. The van der Waals surface area contributed by atoms with Crippen LogP contribution in [0.25, 0.3) is 0 Å². The van der Waals surface area contributed by atoms with E-state index in [1.54, 1.807) is 0 Å². The molecule has 0 bridgehead atoms. The summed E-state index contributed by atoms with van der Waals surface area (Å²) in [7, 11) is 0. The molecule has 0 amide bonds. The van der Waals surface area contributed by atoms with Crippen LogP contribution in [-0.4, -0.2) is 19.2 Å². The summed E-state index contributed by atoms with van der Waals surface area (Å²) in [5, 5.41) is 0. The molecule has 0 atom stereocenters. The maximum absolute atomic E-state index is 11.5. The Labute approximate surface area is 127 Å². The SMILES string of the molecule is CCCCCOC(=O)COOc1cc(C)ccc1C(C)C. The van der Waals surface area contributed by atoms with Crippen LogP contribution < -0.4 is 4.89 Å². The van der Waals surface area contributed by atoms with Crippen LogP contribution in [0.5, 0.6) is 5.75 Å². The quantitative estimate of drug-likeness (QED) is 0.297. The first-order valence-corrected chi connectivity index (χ1v) is 7.60. The van der Waals surface area contributed by atoms with Gasteiger partial charge in [0.15, 0.2) is 12.4 Å². The summed E-state index contributed by atoms with van der Waals surface area (Å²) in [6, 6.07) is 5.95. The monoisotopic (exact) mass is 294 g/mol. The van der Waals surface area contributed by atoms with Crippen molar-refractivity contribution in [1.29, 1.82) is 0 Å². The summed E-state index contributed by atoms with van der Waals surface area (Å²) in [5.74, 6) is 0.582. The molecule has 0 unspecified atom stereocenters. The van der Waals surface area contributed by atoms with Crippen LogP contribution in [-0.2, 0) is 14.4 Å². The molecule has 0 heterocycles. The fraction of sp³-hybridized carbons (Fsp3) is 0.588. The van der Waals surface area contributed by atoms with Crippen LogP contribution in [0.15, 0.2) is 18.2 Å². The maximum Gasteiger partial charge on any atom is 0.336 e. The van der Waals surface area contributed by atoms with Crippen LogP contribution in [0.1, 0.15) is 57.1 Å². The van der Waals surface area contributed by atoms with Gasteiger partial charge in [0, 0.05) is 5.56 Å². The van der Waals surface area contributed by atoms with Gasteiger partial charge in [0.2, 0.25) is 0 Å². The number of hydrogen-bond donors (Lipinski definition) is 0. The molecule has 0 aliphatic carbocycles. The van der Waals surface area contributed by atoms with Gasteiger partial charge in [-0.2, -0.15) is 4.89 Å². The predicted octanol–water partition coefficient (Wildman–Crippen LogP) is 4.16. The average molecular weight is 294 g/mol. The Balaban J connectivity index is 2.38. The van der Waals surface area contributed by atoms with Crippen molar-refractivity contribution >= 4 is 5.97 Å². The summed E-state index contributed by atoms with van der Waals surface area (Å²) in [6.07, 6.45) is 3.05. The zero-order valence-corrected chi connectivity index (χ0v) is 13.5. The van der Waals surface area contributed by atoms with Crippen LogP contribution >= 0.6 is 0 Å². The summed E-state index contributed by atoms with van der Waals surface area (Å²) in [5.41, 5.74) is 2.14. The first-order valence-electron chi connectivity index (χ1n) is 7.60. The molecule has 0 aliphatic heterocycles. The van der Waals surface area contributed by atoms with Gasteiger partial charge in [-0.1, -0.05) is 45.7 Å². The molecule has 0 fully saturated rings. The molecule has 0 saturated carbocycles. The van der Waals surface area contributed by atoms with Crippen LogP contribution in [0.3, 0.4) is 0 Å². The van der Waals surface area contributed by atoms with Gasteiger partial charge in [0.05, 0.1) is 6.61 Å². The minimum atomic E-state index is -0.398. The van der Waals surface area contributed by atoms with Crippen LogP contribution in [0.4, 0.5) is 0 Å². The number of unbranched alkanes of at least 4 members (excludes halogenated alkanes) is 2. The normalized spacial score (nSPS) is 10.7. The number of carbonyl (C=O) groups is 1. The number of esters is 1. The highest BCUT2D eigenvalue weighted by molar-refractivity contribution is 5.70. The van der Waals surface area contributed by atoms with E-state index in [4.69, 9.17) is 14.5 Å². The second kappa shape index (κ2) is 9.40. The number of carbonyl (C=O) groups excluding carboxylic acids is 1. The van der Waals surface area contributed by atoms with E-state index in [0.29, 0.717) is 18.3 Å². The molecule has 0 radical (unpaired) electrons. The Morgan fingerprint density at radius 1 is 1.24 bits per heavy atom. The van der Waals surface area contributed by atoms with Crippen molar-refractivity contribution < 1.29 is 19.3 Å². The highest BCUT2D eigenvalue weighted by Gasteiger charge is 2.10. The molecule has 4 heteroatoms. The molecule has 1 rings (SSSR count). The lowest BCUT2D eigenvalue weighted by Crippen LogP contribution is -2.15. The molecule has 21 heavy (non-hydrogen) atoms. The van der Waals surface area contributed by atoms with Gasteiger partial charge in [0.25, 0.3) is 0 Å². The van der Waals surface area contributed by atoms with Gasteiger partial charge in [0.1, 0.15) is 0 Å². The van der Waals surface area contributed by atoms with Crippen molar-refractivity contribution in [2.75, 3.05) is 13.2 Å². The molecule has 1 aromatic rings. The Morgan fingerprint density at radius 2 is 2.00 bits per heavy atom. The zero-order valence-electron chi connectivity index (χ0n) is 13.5. The Hall–Kier alpha value is -1.55. The van der Waals surface area contributed by atoms with Gasteiger partial charge in [-0.25, -0.2) is 4.79 Å². The Bertz CT molecular complexity index is 440.